The van der Waals surface area contributed by atoms with Crippen LogP contribution in [-0.4, -0.2) is 54.6 Å². The van der Waals surface area contributed by atoms with Crippen LogP contribution in [0.1, 0.15) is 40.6 Å². The number of carbonyl (C=O) groups excluding carboxylic acids is 2. The summed E-state index contributed by atoms with van der Waals surface area (Å²) in [7, 11) is 1.61. The number of carbonyl (C=O) groups is 3. The van der Waals surface area contributed by atoms with Gasteiger partial charge in [-0.3, -0.25) is 14.4 Å². The van der Waals surface area contributed by atoms with Gasteiger partial charge in [0, 0.05) is 49.0 Å². The Morgan fingerprint density at radius 3 is 2.67 bits per heavy atom. The molecule has 0 unspecified atom stereocenters. The number of benzene rings is 2. The number of methoxy groups -OCH3 is 1. The highest BCUT2D eigenvalue weighted by Crippen LogP contribution is 2.42. The number of aliphatic carboxylic acids is 1. The number of nitrogens with zero attached hydrogens (tertiary/aromatic N) is 6. The van der Waals surface area contributed by atoms with Crippen molar-refractivity contribution in [1.29, 1.82) is 5.26 Å². The number of halogens is 1. The fraction of sp³-hybridized carbons (Fsp3) is 0.226. The van der Waals surface area contributed by atoms with E-state index in [1.165, 1.54) is 6.08 Å². The van der Waals surface area contributed by atoms with E-state index in [0.29, 0.717) is 47.1 Å². The fourth-order valence-corrected chi connectivity index (χ4v) is 5.53. The van der Waals surface area contributed by atoms with E-state index in [0.717, 1.165) is 17.0 Å². The maximum absolute atomic E-state index is 13.2. The van der Waals surface area contributed by atoms with Crippen LogP contribution in [0.15, 0.2) is 64.0 Å². The van der Waals surface area contributed by atoms with Crippen LogP contribution < -0.4 is 10.2 Å². The van der Waals surface area contributed by atoms with Crippen molar-refractivity contribution in [1.82, 2.24) is 4.98 Å². The van der Waals surface area contributed by atoms with E-state index in [9.17, 15) is 19.6 Å². The molecule has 0 fully saturated rings. The third kappa shape index (κ3) is 7.66. The monoisotopic (exact) mass is 643 g/mol. The van der Waals surface area contributed by atoms with Gasteiger partial charge in [0.2, 0.25) is 11.0 Å². The van der Waals surface area contributed by atoms with Crippen molar-refractivity contribution in [3.63, 3.8) is 0 Å². The molecule has 0 bridgehead atoms. The van der Waals surface area contributed by atoms with Crippen LogP contribution >= 0.6 is 22.9 Å². The molecule has 1 heterocycles. The molecule has 1 aliphatic carbocycles. The molecule has 228 valence electrons. The Morgan fingerprint density at radius 1 is 1.24 bits per heavy atom. The minimum absolute atomic E-state index is 0.0418. The van der Waals surface area contributed by atoms with Crippen LogP contribution in [0.4, 0.5) is 22.2 Å². The van der Waals surface area contributed by atoms with E-state index in [4.69, 9.17) is 28.0 Å². The van der Waals surface area contributed by atoms with Crippen LogP contribution in [-0.2, 0) is 14.3 Å². The average molecular weight is 644 g/mol. The number of hydrogen-bond acceptors (Lipinski definition) is 10. The summed E-state index contributed by atoms with van der Waals surface area (Å²) in [5.74, 6) is -1.94. The molecule has 12 nitrogen and oxygen atoms in total. The van der Waals surface area contributed by atoms with E-state index in [2.05, 4.69) is 25.4 Å². The summed E-state index contributed by atoms with van der Waals surface area (Å²) in [6.07, 6.45) is 0.933. The SMILES string of the molecule is [C-]#[N+]C(C#N)=C1C(=Cc2sc(N=Nc3ccc(N(CC)CCOC)cc3NC(=O)CCC(=O)O)nc2Cl)C(=O)c2ccccc21. The van der Waals surface area contributed by atoms with Crippen LogP contribution in [0.3, 0.4) is 0 Å². The standard InChI is InChI=1S/C31H26ClN7O5S/c1-4-39(13-14-44-3)18-9-10-22(23(15-18)35-26(40)11-12-27(41)42)37-38-31-36-30(32)25(45-31)16-21-28(24(17-33)34-2)19-7-5-6-8-20(19)29(21)43/h5-10,15-16H,4,11-14H2,1,3H3,(H,35,40)(H,41,42). The van der Waals surface area contributed by atoms with Gasteiger partial charge in [-0.2, -0.15) is 0 Å². The number of Topliss-reactive ketones (excluding diaryl/α,β-unsaturated/α-hetero) is 1. The Balaban J connectivity index is 1.68. The first kappa shape index (κ1) is 32.7. The highest BCUT2D eigenvalue weighted by atomic mass is 35.5. The van der Waals surface area contributed by atoms with Crippen molar-refractivity contribution < 1.29 is 24.2 Å². The number of allylic oxidation sites excluding steroid dienone is 3. The number of aromatic nitrogens is 1. The number of ether oxygens (including phenoxy) is 1. The molecule has 0 spiro atoms. The molecule has 1 aliphatic rings. The fourth-order valence-electron chi connectivity index (χ4n) is 4.51. The van der Waals surface area contributed by atoms with Gasteiger partial charge in [0.05, 0.1) is 36.2 Å². The van der Waals surface area contributed by atoms with Crippen molar-refractivity contribution >= 4 is 74.4 Å². The Kier molecular flexibility index (Phi) is 10.9. The quantitative estimate of drug-likeness (QED) is 0.0930. The topological polar surface area (TPSA) is 162 Å². The molecule has 2 N–H and O–H groups in total. The number of nitrogens with one attached hydrogen (secondary N) is 1. The number of hydrogen-bond donors (Lipinski definition) is 2. The Bertz CT molecular complexity index is 1820. The number of carboxylic acids is 1. The molecular formula is C31H26ClN7O5S. The van der Waals surface area contributed by atoms with Gasteiger partial charge in [-0.25, -0.2) is 15.1 Å². The van der Waals surface area contributed by atoms with Crippen molar-refractivity contribution in [3.05, 3.63) is 86.3 Å². The zero-order chi connectivity index (χ0) is 32.5. The smallest absolute Gasteiger partial charge is 0.303 e. The molecule has 1 aromatic heterocycles. The van der Waals surface area contributed by atoms with Gasteiger partial charge in [0.25, 0.3) is 5.70 Å². The maximum atomic E-state index is 13.2. The first-order chi connectivity index (χ1) is 21.7. The number of amides is 1. The van der Waals surface area contributed by atoms with E-state index in [-0.39, 0.29) is 45.8 Å². The van der Waals surface area contributed by atoms with E-state index in [1.807, 2.05) is 24.0 Å². The minimum atomic E-state index is -1.09. The first-order valence-corrected chi connectivity index (χ1v) is 14.8. The van der Waals surface area contributed by atoms with Gasteiger partial charge in [-0.05, 0) is 36.8 Å². The van der Waals surface area contributed by atoms with Gasteiger partial charge in [-0.15, -0.1) is 10.2 Å². The average Bonchev–Trinajstić information content (AvgIpc) is 3.52. The maximum Gasteiger partial charge on any atom is 0.303 e. The minimum Gasteiger partial charge on any atom is -0.481 e. The summed E-state index contributed by atoms with van der Waals surface area (Å²) in [6.45, 7) is 11.2. The number of fused-ring (bicyclic) bond motifs is 1. The molecule has 0 radical (unpaired) electrons. The third-order valence-electron chi connectivity index (χ3n) is 6.66. The number of rotatable bonds is 12. The second-order valence-electron chi connectivity index (χ2n) is 9.45. The Morgan fingerprint density at radius 2 is 2.00 bits per heavy atom. The number of ketones is 1. The lowest BCUT2D eigenvalue weighted by molar-refractivity contribution is -0.138. The normalized spacial score (nSPS) is 14.2. The van der Waals surface area contributed by atoms with Gasteiger partial charge in [0.15, 0.2) is 5.78 Å². The van der Waals surface area contributed by atoms with Crippen molar-refractivity contribution in [2.75, 3.05) is 37.0 Å². The third-order valence-corrected chi connectivity index (χ3v) is 7.95. The molecule has 3 aromatic rings. The number of nitriles is 1. The second kappa shape index (κ2) is 15.0. The molecule has 45 heavy (non-hydrogen) atoms. The number of likely N-dealkylation sites (N-methyl/N-ethyl adjacent to an activating group) is 1. The first-order valence-electron chi connectivity index (χ1n) is 13.6. The molecule has 0 aliphatic heterocycles. The molecule has 14 heteroatoms. The summed E-state index contributed by atoms with van der Waals surface area (Å²) < 4.78 is 5.19. The van der Waals surface area contributed by atoms with Gasteiger partial charge < -0.3 is 20.1 Å². The lowest BCUT2D eigenvalue weighted by Crippen LogP contribution is -2.26. The molecule has 1 amide bonds. The molecular weight excluding hydrogens is 618 g/mol. The zero-order valence-electron chi connectivity index (χ0n) is 24.2. The van der Waals surface area contributed by atoms with Crippen molar-refractivity contribution in [2.45, 2.75) is 19.8 Å². The number of azo groups is 1. The highest BCUT2D eigenvalue weighted by molar-refractivity contribution is 7.16. The molecule has 4 rings (SSSR count). The summed E-state index contributed by atoms with van der Waals surface area (Å²) in [6, 6.07) is 13.8. The van der Waals surface area contributed by atoms with E-state index < -0.39 is 11.9 Å². The van der Waals surface area contributed by atoms with Crippen LogP contribution in [0.25, 0.3) is 16.5 Å². The second-order valence-corrected chi connectivity index (χ2v) is 10.8. The van der Waals surface area contributed by atoms with Gasteiger partial charge in [-0.1, -0.05) is 47.2 Å². The number of thiazole rings is 1. The number of anilines is 2. The molecule has 0 saturated heterocycles. The predicted molar refractivity (Wildman–Crippen MR) is 171 cm³/mol. The molecule has 2 aromatic carbocycles. The Hall–Kier alpha value is -5.21. The lowest BCUT2D eigenvalue weighted by Gasteiger charge is -2.23. The predicted octanol–water partition coefficient (Wildman–Crippen LogP) is 6.92. The van der Waals surface area contributed by atoms with Crippen LogP contribution in [0, 0.1) is 17.9 Å². The van der Waals surface area contributed by atoms with Gasteiger partial charge in [0.1, 0.15) is 10.8 Å². The summed E-state index contributed by atoms with van der Waals surface area (Å²) in [4.78, 5) is 46.7. The summed E-state index contributed by atoms with van der Waals surface area (Å²) in [5.41, 5.74) is 2.43. The van der Waals surface area contributed by atoms with Crippen LogP contribution in [0.2, 0.25) is 5.15 Å². The molecule has 0 saturated carbocycles. The Labute approximate surface area is 267 Å². The van der Waals surface area contributed by atoms with Gasteiger partial charge >= 0.3 is 5.97 Å². The van der Waals surface area contributed by atoms with Crippen molar-refractivity contribution in [2.24, 2.45) is 10.2 Å². The summed E-state index contributed by atoms with van der Waals surface area (Å²) >= 11 is 7.45. The lowest BCUT2D eigenvalue weighted by atomic mass is 10.0. The van der Waals surface area contributed by atoms with E-state index >= 15 is 0 Å². The summed E-state index contributed by atoms with van der Waals surface area (Å²) in [5, 5.41) is 29.9. The zero-order valence-corrected chi connectivity index (χ0v) is 25.8. The van der Waals surface area contributed by atoms with Crippen LogP contribution in [0.5, 0.6) is 0 Å². The highest BCUT2D eigenvalue weighted by Gasteiger charge is 2.32. The van der Waals surface area contributed by atoms with Crippen molar-refractivity contribution in [3.8, 4) is 6.07 Å². The largest absolute Gasteiger partial charge is 0.481 e. The molecule has 0 atom stereocenters. The van der Waals surface area contributed by atoms with E-state index in [1.54, 1.807) is 43.5 Å². The number of carboxylic acid groups (broad SMARTS) is 1.